The van der Waals surface area contributed by atoms with Crippen molar-refractivity contribution in [2.45, 2.75) is 16.2 Å². The van der Waals surface area contributed by atoms with Crippen LogP contribution in [0.25, 0.3) is 0 Å². The molecule has 72 valence electrons. The summed E-state index contributed by atoms with van der Waals surface area (Å²) in [4.78, 5) is 0.439. The van der Waals surface area contributed by atoms with Gasteiger partial charge < -0.3 is 0 Å². The fraction of sp³-hybridized carbons (Fsp3) is 0.333. The SMILES string of the molecule is O=S1(=O)c2ccccc2C2CN=NC21. The van der Waals surface area contributed by atoms with E-state index in [9.17, 15) is 8.42 Å². The van der Waals surface area contributed by atoms with Gasteiger partial charge in [0.1, 0.15) is 0 Å². The summed E-state index contributed by atoms with van der Waals surface area (Å²) < 4.78 is 23.8. The van der Waals surface area contributed by atoms with Gasteiger partial charge in [-0.25, -0.2) is 8.42 Å². The topological polar surface area (TPSA) is 58.9 Å². The number of hydrogen-bond donors (Lipinski definition) is 0. The van der Waals surface area contributed by atoms with E-state index in [2.05, 4.69) is 10.2 Å². The monoisotopic (exact) mass is 208 g/mol. The van der Waals surface area contributed by atoms with Gasteiger partial charge in [0.05, 0.1) is 11.4 Å². The Balaban J connectivity index is 2.33. The molecular formula is C9H8N2O2S. The van der Waals surface area contributed by atoms with Gasteiger partial charge in [0.25, 0.3) is 0 Å². The second-order valence-electron chi connectivity index (χ2n) is 3.52. The van der Waals surface area contributed by atoms with E-state index >= 15 is 0 Å². The minimum absolute atomic E-state index is 0.0452. The van der Waals surface area contributed by atoms with Crippen LogP contribution in [0.15, 0.2) is 39.4 Å². The summed E-state index contributed by atoms with van der Waals surface area (Å²) >= 11 is 0. The summed E-state index contributed by atoms with van der Waals surface area (Å²) in [7, 11) is -3.24. The number of nitrogens with zero attached hydrogens (tertiary/aromatic N) is 2. The molecule has 0 N–H and O–H groups in total. The van der Waals surface area contributed by atoms with Crippen molar-refractivity contribution in [1.82, 2.24) is 0 Å². The Hall–Kier alpha value is -1.23. The van der Waals surface area contributed by atoms with E-state index in [0.29, 0.717) is 11.4 Å². The Kier molecular flexibility index (Phi) is 1.40. The maximum Gasteiger partial charge on any atom is 0.204 e. The first-order valence-electron chi connectivity index (χ1n) is 4.41. The van der Waals surface area contributed by atoms with Gasteiger partial charge in [0.15, 0.2) is 5.37 Å². The fourth-order valence-electron chi connectivity index (χ4n) is 2.09. The molecule has 2 aliphatic heterocycles. The van der Waals surface area contributed by atoms with Crippen LogP contribution in [0.4, 0.5) is 0 Å². The summed E-state index contributed by atoms with van der Waals surface area (Å²) in [6.07, 6.45) is 0. The van der Waals surface area contributed by atoms with Gasteiger partial charge in [-0.3, -0.25) is 0 Å². The van der Waals surface area contributed by atoms with Gasteiger partial charge in [-0.15, -0.1) is 0 Å². The molecule has 14 heavy (non-hydrogen) atoms. The third kappa shape index (κ3) is 0.803. The van der Waals surface area contributed by atoms with Crippen LogP contribution in [-0.4, -0.2) is 20.3 Å². The van der Waals surface area contributed by atoms with Gasteiger partial charge in [0.2, 0.25) is 9.84 Å². The summed E-state index contributed by atoms with van der Waals surface area (Å²) in [5.74, 6) is -0.0452. The first kappa shape index (κ1) is 8.11. The van der Waals surface area contributed by atoms with Crippen LogP contribution in [0.3, 0.4) is 0 Å². The molecule has 0 saturated heterocycles. The molecule has 1 aromatic carbocycles. The molecule has 0 aromatic heterocycles. The molecule has 0 amide bonds. The van der Waals surface area contributed by atoms with E-state index in [-0.39, 0.29) is 5.92 Å². The number of benzene rings is 1. The highest BCUT2D eigenvalue weighted by molar-refractivity contribution is 7.92. The average molecular weight is 208 g/mol. The summed E-state index contributed by atoms with van der Waals surface area (Å²) in [6, 6.07) is 7.11. The Morgan fingerprint density at radius 2 is 2.07 bits per heavy atom. The van der Waals surface area contributed by atoms with E-state index in [1.54, 1.807) is 12.1 Å². The van der Waals surface area contributed by atoms with Crippen molar-refractivity contribution in [3.63, 3.8) is 0 Å². The van der Waals surface area contributed by atoms with Gasteiger partial charge in [-0.2, -0.15) is 10.2 Å². The van der Waals surface area contributed by atoms with E-state index in [4.69, 9.17) is 0 Å². The van der Waals surface area contributed by atoms with Crippen molar-refractivity contribution >= 4 is 9.84 Å². The molecule has 2 unspecified atom stereocenters. The van der Waals surface area contributed by atoms with Gasteiger partial charge in [0, 0.05) is 5.92 Å². The Bertz CT molecular complexity index is 521. The van der Waals surface area contributed by atoms with Crippen LogP contribution in [0, 0.1) is 0 Å². The van der Waals surface area contributed by atoms with E-state index in [1.165, 1.54) is 0 Å². The molecule has 0 bridgehead atoms. The number of fused-ring (bicyclic) bond motifs is 3. The van der Waals surface area contributed by atoms with Crippen molar-refractivity contribution in [2.75, 3.05) is 6.54 Å². The fourth-order valence-corrected chi connectivity index (χ4v) is 4.02. The molecule has 3 rings (SSSR count). The van der Waals surface area contributed by atoms with Gasteiger partial charge in [-0.1, -0.05) is 18.2 Å². The molecule has 0 fully saturated rings. The first-order chi connectivity index (χ1) is 6.71. The summed E-state index contributed by atoms with van der Waals surface area (Å²) in [6.45, 7) is 0.501. The molecule has 2 aliphatic rings. The maximum atomic E-state index is 11.9. The second kappa shape index (κ2) is 2.42. The van der Waals surface area contributed by atoms with Crippen molar-refractivity contribution in [1.29, 1.82) is 0 Å². The minimum atomic E-state index is -3.24. The Morgan fingerprint density at radius 3 is 2.93 bits per heavy atom. The van der Waals surface area contributed by atoms with Crippen LogP contribution >= 0.6 is 0 Å². The van der Waals surface area contributed by atoms with Crippen LogP contribution < -0.4 is 0 Å². The molecule has 1 aromatic rings. The zero-order valence-electron chi connectivity index (χ0n) is 7.29. The van der Waals surface area contributed by atoms with Crippen molar-refractivity contribution in [3.05, 3.63) is 29.8 Å². The summed E-state index contributed by atoms with van der Waals surface area (Å²) in [5, 5.41) is 6.96. The second-order valence-corrected chi connectivity index (χ2v) is 5.53. The van der Waals surface area contributed by atoms with Crippen LogP contribution in [0.1, 0.15) is 11.5 Å². The van der Waals surface area contributed by atoms with Crippen LogP contribution in [-0.2, 0) is 9.84 Å². The molecule has 0 spiro atoms. The highest BCUT2D eigenvalue weighted by Gasteiger charge is 2.47. The zero-order valence-corrected chi connectivity index (χ0v) is 8.11. The van der Waals surface area contributed by atoms with Crippen molar-refractivity contribution in [2.24, 2.45) is 10.2 Å². The average Bonchev–Trinajstić information content (AvgIpc) is 2.72. The highest BCUT2D eigenvalue weighted by atomic mass is 32.2. The number of azo groups is 1. The lowest BCUT2D eigenvalue weighted by atomic mass is 10.0. The van der Waals surface area contributed by atoms with Crippen molar-refractivity contribution < 1.29 is 8.42 Å². The van der Waals surface area contributed by atoms with E-state index in [1.807, 2.05) is 12.1 Å². The molecule has 0 radical (unpaired) electrons. The van der Waals surface area contributed by atoms with Gasteiger partial charge in [-0.05, 0) is 11.6 Å². The molecule has 2 heterocycles. The summed E-state index contributed by atoms with van der Waals surface area (Å²) in [5.41, 5.74) is 0.877. The Labute approximate surface area is 81.6 Å². The lowest BCUT2D eigenvalue weighted by Crippen LogP contribution is -2.15. The third-order valence-electron chi connectivity index (χ3n) is 2.76. The van der Waals surface area contributed by atoms with Crippen molar-refractivity contribution in [3.8, 4) is 0 Å². The first-order valence-corrected chi connectivity index (χ1v) is 5.95. The number of rotatable bonds is 0. The predicted molar refractivity (Wildman–Crippen MR) is 49.9 cm³/mol. The van der Waals surface area contributed by atoms with Gasteiger partial charge >= 0.3 is 0 Å². The van der Waals surface area contributed by atoms with E-state index in [0.717, 1.165) is 5.56 Å². The highest BCUT2D eigenvalue weighted by Crippen LogP contribution is 2.43. The molecule has 2 atom stereocenters. The smallest absolute Gasteiger partial charge is 0.204 e. The normalized spacial score (nSPS) is 31.4. The standard InChI is InChI=1S/C9H8N2O2S/c12-14(13)8-4-2-1-3-6(8)7-5-10-11-9(7)14/h1-4,7,9H,5H2. The molecule has 0 saturated carbocycles. The predicted octanol–water partition coefficient (Wildman–Crippen LogP) is 1.35. The molecule has 0 aliphatic carbocycles. The number of hydrogen-bond acceptors (Lipinski definition) is 4. The lowest BCUT2D eigenvalue weighted by molar-refractivity contribution is 0.584. The third-order valence-corrected chi connectivity index (χ3v) is 4.80. The van der Waals surface area contributed by atoms with Crippen LogP contribution in [0.2, 0.25) is 0 Å². The van der Waals surface area contributed by atoms with Crippen LogP contribution in [0.5, 0.6) is 0 Å². The van der Waals surface area contributed by atoms with E-state index < -0.39 is 15.2 Å². The maximum absolute atomic E-state index is 11.9. The Morgan fingerprint density at radius 1 is 1.29 bits per heavy atom. The molecule has 5 heteroatoms. The molecular weight excluding hydrogens is 200 g/mol. The molecule has 4 nitrogen and oxygen atoms in total. The zero-order chi connectivity index (χ0) is 9.76. The lowest BCUT2D eigenvalue weighted by Gasteiger charge is -2.02. The number of sulfone groups is 1. The minimum Gasteiger partial charge on any atom is -0.221 e. The largest absolute Gasteiger partial charge is 0.221 e. The quantitative estimate of drug-likeness (QED) is 0.646.